The number of hydrogen-bond acceptors (Lipinski definition) is 10. The van der Waals surface area contributed by atoms with Gasteiger partial charge in [0.25, 0.3) is 11.8 Å². The van der Waals surface area contributed by atoms with Crippen molar-refractivity contribution in [3.8, 4) is 17.1 Å². The molecule has 0 saturated heterocycles. The second-order valence-corrected chi connectivity index (χ2v) is 13.6. The van der Waals surface area contributed by atoms with Crippen LogP contribution in [0.15, 0.2) is 103 Å². The summed E-state index contributed by atoms with van der Waals surface area (Å²) in [4.78, 5) is 62.4. The van der Waals surface area contributed by atoms with Crippen LogP contribution >= 0.6 is 11.6 Å². The smallest absolute Gasteiger partial charge is 0.422 e. The number of carboxylic acids is 1. The molecule has 1 aromatic heterocycles. The first kappa shape index (κ1) is 40.1. The zero-order chi connectivity index (χ0) is 40.6. The van der Waals surface area contributed by atoms with E-state index in [1.807, 2.05) is 54.6 Å². The Labute approximate surface area is 329 Å². The van der Waals surface area contributed by atoms with Crippen LogP contribution in [-0.4, -0.2) is 69.0 Å². The van der Waals surface area contributed by atoms with E-state index in [9.17, 15) is 37.5 Å². The molecule has 1 aliphatic rings. The summed E-state index contributed by atoms with van der Waals surface area (Å²) < 4.78 is 43.7. The molecule has 1 aliphatic carbocycles. The molecule has 1 atom stereocenters. The number of carbonyl (C=O) groups excluding carboxylic acids is 3. The summed E-state index contributed by atoms with van der Waals surface area (Å²) in [6, 6.07) is 27.6. The molecule has 0 spiro atoms. The third-order valence-electron chi connectivity index (χ3n) is 8.85. The average Bonchev–Trinajstić information content (AvgIpc) is 3.97. The van der Waals surface area contributed by atoms with Gasteiger partial charge in [-0.2, -0.15) is 28.1 Å². The largest absolute Gasteiger partial charge is 0.480 e. The minimum absolute atomic E-state index is 0.0398. The lowest BCUT2D eigenvalue weighted by Crippen LogP contribution is -2.43. The third-order valence-corrected chi connectivity index (χ3v) is 9.11. The van der Waals surface area contributed by atoms with Crippen molar-refractivity contribution in [2.24, 2.45) is 0 Å². The van der Waals surface area contributed by atoms with E-state index in [0.717, 1.165) is 16.7 Å². The van der Waals surface area contributed by atoms with E-state index in [-0.39, 0.29) is 36.8 Å². The molecule has 1 saturated carbocycles. The second kappa shape index (κ2) is 17.5. The van der Waals surface area contributed by atoms with Crippen molar-refractivity contribution in [1.29, 1.82) is 0 Å². The number of carboxylic acid groups (broad SMARTS) is 1. The molecular formula is C40H35ClF3N7O6. The number of nitrogens with zero attached hydrogens (tertiary/aromatic N) is 3. The van der Waals surface area contributed by atoms with Gasteiger partial charge in [-0.25, -0.2) is 4.79 Å². The minimum atomic E-state index is -4.64. The van der Waals surface area contributed by atoms with E-state index >= 15 is 0 Å². The zero-order valence-corrected chi connectivity index (χ0v) is 30.7. The van der Waals surface area contributed by atoms with Gasteiger partial charge in [-0.1, -0.05) is 78.3 Å². The molecule has 5 N–H and O–H groups in total. The number of rotatable bonds is 17. The van der Waals surface area contributed by atoms with Gasteiger partial charge in [0, 0.05) is 29.2 Å². The number of benzene rings is 4. The molecule has 0 aliphatic heterocycles. The highest BCUT2D eigenvalue weighted by atomic mass is 35.5. The van der Waals surface area contributed by atoms with Crippen LogP contribution in [0.3, 0.4) is 0 Å². The fraction of sp³-hybridized carbons (Fsp3) is 0.225. The lowest BCUT2D eigenvalue weighted by Gasteiger charge is -2.19. The average molecular weight is 802 g/mol. The van der Waals surface area contributed by atoms with Crippen LogP contribution in [-0.2, 0) is 26.3 Å². The Bertz CT molecular complexity index is 2240. The molecule has 57 heavy (non-hydrogen) atoms. The number of halogens is 4. The summed E-state index contributed by atoms with van der Waals surface area (Å²) >= 11 is 6.03. The summed E-state index contributed by atoms with van der Waals surface area (Å²) in [5.74, 6) is -3.87. The first-order valence-electron chi connectivity index (χ1n) is 17.6. The molecule has 0 unspecified atom stereocenters. The molecule has 17 heteroatoms. The fourth-order valence-electron chi connectivity index (χ4n) is 5.79. The minimum Gasteiger partial charge on any atom is -0.480 e. The Hall–Kier alpha value is -6.55. The molecule has 6 rings (SSSR count). The Morgan fingerprint density at radius 1 is 0.842 bits per heavy atom. The number of ketones is 1. The highest BCUT2D eigenvalue weighted by molar-refractivity contribution is 6.36. The van der Waals surface area contributed by atoms with Crippen LogP contribution in [0.25, 0.3) is 11.1 Å². The standard InChI is InChI=1S/C40H35ClF3N7O6/c41-29-13-11-28(12-14-29)39(18-19-39)51-37-48-36(49-38(50-37)57-23-40(42,43)44)46-30-15-9-26(10-16-30)33(53)47-31(35(55)56)17-20-45-34(54)32(52)22-24-5-4-8-27(21-24)25-6-2-1-3-7-25/h1-16,21,31H,17-20,22-23H2,(H,45,54)(H,47,53)(H,55,56)(H2,46,48,49,50,51)/t31-/m0/s1. The maximum Gasteiger partial charge on any atom is 0.422 e. The van der Waals surface area contributed by atoms with Gasteiger partial charge >= 0.3 is 18.2 Å². The summed E-state index contributed by atoms with van der Waals surface area (Å²) in [6.07, 6.45) is -3.60. The Balaban J connectivity index is 1.04. The van der Waals surface area contributed by atoms with Crippen LogP contribution in [0.5, 0.6) is 6.01 Å². The topological polar surface area (TPSA) is 185 Å². The molecule has 2 amide bonds. The van der Waals surface area contributed by atoms with Gasteiger partial charge in [0.05, 0.1) is 5.54 Å². The fourth-order valence-corrected chi connectivity index (χ4v) is 5.92. The third kappa shape index (κ3) is 11.3. The van der Waals surface area contributed by atoms with Crippen molar-refractivity contribution in [2.75, 3.05) is 23.8 Å². The first-order chi connectivity index (χ1) is 27.2. The number of nitrogens with one attached hydrogen (secondary N) is 4. The molecule has 13 nitrogen and oxygen atoms in total. The summed E-state index contributed by atoms with van der Waals surface area (Å²) in [5, 5.41) is 21.1. The van der Waals surface area contributed by atoms with Gasteiger partial charge in [0.15, 0.2) is 6.61 Å². The second-order valence-electron chi connectivity index (χ2n) is 13.2. The predicted molar refractivity (Wildman–Crippen MR) is 204 cm³/mol. The van der Waals surface area contributed by atoms with Crippen LogP contribution in [0.1, 0.15) is 40.7 Å². The lowest BCUT2D eigenvalue weighted by molar-refractivity contribution is -0.154. The van der Waals surface area contributed by atoms with Crippen molar-refractivity contribution < 1.29 is 42.2 Å². The van der Waals surface area contributed by atoms with Crippen molar-refractivity contribution in [2.45, 2.75) is 43.4 Å². The van der Waals surface area contributed by atoms with Crippen LogP contribution in [0, 0.1) is 0 Å². The lowest BCUT2D eigenvalue weighted by atomic mass is 10.0. The molecule has 294 valence electrons. The SMILES string of the molecule is O=C(Cc1cccc(-c2ccccc2)c1)C(=O)NCC[C@H](NC(=O)c1ccc(Nc2nc(NC3(c4ccc(Cl)cc4)CC3)nc(OCC(F)(F)F)n2)cc1)C(=O)O. The van der Waals surface area contributed by atoms with Gasteiger partial charge < -0.3 is 31.1 Å². The molecule has 4 aromatic carbocycles. The number of alkyl halides is 3. The highest BCUT2D eigenvalue weighted by Crippen LogP contribution is 2.48. The van der Waals surface area contributed by atoms with Gasteiger partial charge in [-0.05, 0) is 77.9 Å². The van der Waals surface area contributed by atoms with Crippen LogP contribution < -0.4 is 26.0 Å². The Morgan fingerprint density at radius 3 is 2.19 bits per heavy atom. The van der Waals surface area contributed by atoms with E-state index in [1.165, 1.54) is 24.3 Å². The number of aromatic nitrogens is 3. The number of anilines is 3. The number of amides is 2. The quantitative estimate of drug-likeness (QED) is 0.0649. The number of carbonyl (C=O) groups is 4. The summed E-state index contributed by atoms with van der Waals surface area (Å²) in [7, 11) is 0. The zero-order valence-electron chi connectivity index (χ0n) is 30.0. The van der Waals surface area contributed by atoms with Crippen molar-refractivity contribution >= 4 is 52.8 Å². The number of ether oxygens (including phenoxy) is 1. The van der Waals surface area contributed by atoms with E-state index in [0.29, 0.717) is 29.1 Å². The molecular weight excluding hydrogens is 767 g/mol. The molecule has 5 aromatic rings. The molecule has 1 heterocycles. The van der Waals surface area contributed by atoms with Crippen LogP contribution in [0.4, 0.5) is 30.8 Å². The predicted octanol–water partition coefficient (Wildman–Crippen LogP) is 6.48. The molecule has 1 fully saturated rings. The van der Waals surface area contributed by atoms with E-state index in [1.54, 1.807) is 24.3 Å². The number of hydrogen-bond donors (Lipinski definition) is 5. The van der Waals surface area contributed by atoms with E-state index in [4.69, 9.17) is 16.3 Å². The molecule has 0 radical (unpaired) electrons. The van der Waals surface area contributed by atoms with Crippen molar-refractivity contribution in [3.63, 3.8) is 0 Å². The molecule has 0 bridgehead atoms. The Kier molecular flexibility index (Phi) is 12.3. The van der Waals surface area contributed by atoms with Gasteiger partial charge in [-0.15, -0.1) is 0 Å². The maximum atomic E-state index is 13.0. The van der Waals surface area contributed by atoms with Crippen LogP contribution in [0.2, 0.25) is 5.02 Å². The summed E-state index contributed by atoms with van der Waals surface area (Å²) in [5.41, 5.74) is 3.22. The van der Waals surface area contributed by atoms with Gasteiger partial charge in [0.1, 0.15) is 6.04 Å². The van der Waals surface area contributed by atoms with E-state index in [2.05, 4.69) is 36.2 Å². The van der Waals surface area contributed by atoms with E-state index < -0.39 is 53.9 Å². The normalized spacial score (nSPS) is 13.5. The summed E-state index contributed by atoms with van der Waals surface area (Å²) in [6.45, 7) is -1.83. The van der Waals surface area contributed by atoms with Gasteiger partial charge in [-0.3, -0.25) is 14.4 Å². The first-order valence-corrected chi connectivity index (χ1v) is 18.0. The van der Waals surface area contributed by atoms with Crippen molar-refractivity contribution in [1.82, 2.24) is 25.6 Å². The van der Waals surface area contributed by atoms with Gasteiger partial charge in [0.2, 0.25) is 17.7 Å². The number of aliphatic carboxylic acids is 1. The van der Waals surface area contributed by atoms with Crippen molar-refractivity contribution in [3.05, 3.63) is 125 Å². The maximum absolute atomic E-state index is 13.0. The Morgan fingerprint density at radius 2 is 1.53 bits per heavy atom. The number of Topliss-reactive ketones (excluding diaryl/α,β-unsaturated/α-hetero) is 1. The monoisotopic (exact) mass is 801 g/mol. The highest BCUT2D eigenvalue weighted by Gasteiger charge is 2.45.